The molecule has 1 amide bonds. The number of thiophene rings is 1. The Morgan fingerprint density at radius 1 is 1.00 bits per heavy atom. The topological polar surface area (TPSA) is 113 Å². The highest BCUT2D eigenvalue weighted by atomic mass is 32.1. The zero-order chi connectivity index (χ0) is 21.0. The van der Waals surface area contributed by atoms with Gasteiger partial charge in [0.1, 0.15) is 17.2 Å². The number of nitrogens with one attached hydrogen (secondary N) is 1. The molecule has 0 radical (unpaired) electrons. The van der Waals surface area contributed by atoms with Crippen molar-refractivity contribution in [1.82, 2.24) is 0 Å². The predicted molar refractivity (Wildman–Crippen MR) is 108 cm³/mol. The van der Waals surface area contributed by atoms with Crippen LogP contribution in [0.4, 0.5) is 5.69 Å². The Kier molecular flexibility index (Phi) is 5.94. The van der Waals surface area contributed by atoms with Crippen LogP contribution in [0, 0.1) is 6.92 Å². The molecule has 8 heteroatoms. The minimum Gasteiger partial charge on any atom is -0.489 e. The number of carboxylic acid groups (broad SMARTS) is 2. The summed E-state index contributed by atoms with van der Waals surface area (Å²) in [6, 6.07) is 16.5. The maximum atomic E-state index is 11.4. The number of carbonyl (C=O) groups is 3. The van der Waals surface area contributed by atoms with Crippen LogP contribution in [0.15, 0.2) is 54.6 Å². The van der Waals surface area contributed by atoms with E-state index in [1.54, 1.807) is 24.3 Å². The number of carboxylic acids is 2. The second kappa shape index (κ2) is 8.57. The number of rotatable bonds is 6. The molecule has 0 atom stereocenters. The van der Waals surface area contributed by atoms with Crippen molar-refractivity contribution in [2.75, 3.05) is 5.32 Å². The first-order valence-corrected chi connectivity index (χ1v) is 9.35. The molecular weight excluding hydrogens is 394 g/mol. The van der Waals surface area contributed by atoms with Crippen LogP contribution in [0.5, 0.6) is 5.75 Å². The van der Waals surface area contributed by atoms with Gasteiger partial charge >= 0.3 is 17.8 Å². The lowest BCUT2D eigenvalue weighted by Gasteiger charge is -2.07. The number of aryl methyl sites for hydroxylation is 1. The van der Waals surface area contributed by atoms with E-state index in [4.69, 9.17) is 9.84 Å². The summed E-state index contributed by atoms with van der Waals surface area (Å²) in [5.74, 6) is -3.58. The standard InChI is InChI=1S/C21H17NO6S/c1-12-2-4-13(5-3-12)11-28-15-8-6-14(7-9-15)17-10-16(18(29-17)20(24)25)22-19(23)21(26)27/h2-10H,11H2,1H3,(H,22,23)(H,24,25)(H,26,27). The molecule has 2 aromatic carbocycles. The van der Waals surface area contributed by atoms with E-state index in [1.165, 1.54) is 11.6 Å². The van der Waals surface area contributed by atoms with E-state index in [0.717, 1.165) is 22.5 Å². The van der Waals surface area contributed by atoms with Crippen molar-refractivity contribution in [2.45, 2.75) is 13.5 Å². The fourth-order valence-electron chi connectivity index (χ4n) is 2.53. The van der Waals surface area contributed by atoms with Gasteiger partial charge < -0.3 is 20.3 Å². The molecule has 3 rings (SSSR count). The van der Waals surface area contributed by atoms with Crippen molar-refractivity contribution in [3.05, 3.63) is 70.6 Å². The van der Waals surface area contributed by atoms with Gasteiger partial charge in [-0.2, -0.15) is 0 Å². The quantitative estimate of drug-likeness (QED) is 0.528. The van der Waals surface area contributed by atoms with Gasteiger partial charge in [0.15, 0.2) is 0 Å². The molecule has 7 nitrogen and oxygen atoms in total. The maximum absolute atomic E-state index is 11.4. The molecule has 0 saturated heterocycles. The van der Waals surface area contributed by atoms with E-state index in [1.807, 2.05) is 31.2 Å². The van der Waals surface area contributed by atoms with Gasteiger partial charge in [-0.25, -0.2) is 9.59 Å². The summed E-state index contributed by atoms with van der Waals surface area (Å²) in [4.78, 5) is 33.9. The minimum atomic E-state index is -1.69. The smallest absolute Gasteiger partial charge is 0.394 e. The molecular formula is C21H17NO6S. The van der Waals surface area contributed by atoms with E-state index in [9.17, 15) is 19.5 Å². The van der Waals surface area contributed by atoms with Crippen LogP contribution in [0.25, 0.3) is 10.4 Å². The lowest BCUT2D eigenvalue weighted by atomic mass is 10.1. The molecule has 0 aliphatic heterocycles. The summed E-state index contributed by atoms with van der Waals surface area (Å²) in [5, 5.41) is 20.1. The van der Waals surface area contributed by atoms with Crippen molar-refractivity contribution in [3.8, 4) is 16.2 Å². The van der Waals surface area contributed by atoms with Crippen molar-refractivity contribution < 1.29 is 29.3 Å². The second-order valence-corrected chi connectivity index (χ2v) is 7.27. The normalized spacial score (nSPS) is 10.4. The Labute approximate surface area is 170 Å². The average molecular weight is 411 g/mol. The molecule has 148 valence electrons. The fraction of sp³-hybridized carbons (Fsp3) is 0.0952. The van der Waals surface area contributed by atoms with Gasteiger partial charge in [-0.05, 0) is 48.4 Å². The number of carbonyl (C=O) groups excluding carboxylic acids is 1. The summed E-state index contributed by atoms with van der Waals surface area (Å²) >= 11 is 0.944. The summed E-state index contributed by atoms with van der Waals surface area (Å²) < 4.78 is 5.76. The first-order chi connectivity index (χ1) is 13.8. The third-order valence-corrected chi connectivity index (χ3v) is 5.21. The van der Waals surface area contributed by atoms with Gasteiger partial charge in [-0.1, -0.05) is 29.8 Å². The van der Waals surface area contributed by atoms with Crippen LogP contribution in [-0.4, -0.2) is 28.1 Å². The average Bonchev–Trinajstić information content (AvgIpc) is 3.12. The molecule has 0 bridgehead atoms. The highest BCUT2D eigenvalue weighted by Gasteiger charge is 2.20. The van der Waals surface area contributed by atoms with Crippen molar-refractivity contribution in [3.63, 3.8) is 0 Å². The number of benzene rings is 2. The van der Waals surface area contributed by atoms with Gasteiger partial charge in [-0.15, -0.1) is 11.3 Å². The molecule has 0 aliphatic rings. The van der Waals surface area contributed by atoms with Crippen LogP contribution in [-0.2, 0) is 16.2 Å². The van der Waals surface area contributed by atoms with Crippen LogP contribution in [0.1, 0.15) is 20.8 Å². The molecule has 3 N–H and O–H groups in total. The molecule has 29 heavy (non-hydrogen) atoms. The lowest BCUT2D eigenvalue weighted by Crippen LogP contribution is -2.22. The first-order valence-electron chi connectivity index (χ1n) is 8.53. The summed E-state index contributed by atoms with van der Waals surface area (Å²) in [5.41, 5.74) is 2.89. The highest BCUT2D eigenvalue weighted by Crippen LogP contribution is 2.35. The number of ether oxygens (including phenoxy) is 1. The first kappa shape index (κ1) is 20.1. The third-order valence-electron chi connectivity index (χ3n) is 4.03. The van der Waals surface area contributed by atoms with E-state index < -0.39 is 17.8 Å². The van der Waals surface area contributed by atoms with Gasteiger partial charge in [-0.3, -0.25) is 4.79 Å². The predicted octanol–water partition coefficient (Wildman–Crippen LogP) is 4.02. The minimum absolute atomic E-state index is 0.0513. The zero-order valence-electron chi connectivity index (χ0n) is 15.3. The number of anilines is 1. The van der Waals surface area contributed by atoms with Crippen molar-refractivity contribution >= 4 is 34.9 Å². The lowest BCUT2D eigenvalue weighted by molar-refractivity contribution is -0.147. The van der Waals surface area contributed by atoms with Gasteiger partial charge in [0.2, 0.25) is 0 Å². The Balaban J connectivity index is 1.75. The zero-order valence-corrected chi connectivity index (χ0v) is 16.2. The van der Waals surface area contributed by atoms with E-state index >= 15 is 0 Å². The molecule has 0 fully saturated rings. The molecule has 0 spiro atoms. The van der Waals surface area contributed by atoms with Crippen molar-refractivity contribution in [2.24, 2.45) is 0 Å². The Morgan fingerprint density at radius 2 is 1.66 bits per heavy atom. The van der Waals surface area contributed by atoms with Crippen LogP contribution in [0.3, 0.4) is 0 Å². The van der Waals surface area contributed by atoms with E-state index in [2.05, 4.69) is 5.32 Å². The summed E-state index contributed by atoms with van der Waals surface area (Å²) in [7, 11) is 0. The van der Waals surface area contributed by atoms with Gasteiger partial charge in [0.05, 0.1) is 5.69 Å². The molecule has 3 aromatic rings. The summed E-state index contributed by atoms with van der Waals surface area (Å²) in [6.07, 6.45) is 0. The molecule has 0 unspecified atom stereocenters. The van der Waals surface area contributed by atoms with Crippen molar-refractivity contribution in [1.29, 1.82) is 0 Å². The SMILES string of the molecule is Cc1ccc(COc2ccc(-c3cc(NC(=O)C(=O)O)c(C(=O)O)s3)cc2)cc1. The number of amides is 1. The van der Waals surface area contributed by atoms with Crippen LogP contribution < -0.4 is 10.1 Å². The van der Waals surface area contributed by atoms with Crippen LogP contribution >= 0.6 is 11.3 Å². The van der Waals surface area contributed by atoms with Gasteiger partial charge in [0.25, 0.3) is 0 Å². The number of aromatic carboxylic acids is 1. The largest absolute Gasteiger partial charge is 0.489 e. The van der Waals surface area contributed by atoms with Gasteiger partial charge in [0, 0.05) is 4.88 Å². The molecule has 0 aliphatic carbocycles. The monoisotopic (exact) mass is 411 g/mol. The third kappa shape index (κ3) is 4.99. The number of aliphatic carboxylic acids is 1. The van der Waals surface area contributed by atoms with E-state index in [0.29, 0.717) is 17.2 Å². The fourth-order valence-corrected chi connectivity index (χ4v) is 3.49. The Bertz CT molecular complexity index is 1050. The van der Waals surface area contributed by atoms with Crippen LogP contribution in [0.2, 0.25) is 0 Å². The second-order valence-electron chi connectivity index (χ2n) is 6.22. The Morgan fingerprint density at radius 3 is 2.24 bits per heavy atom. The molecule has 1 heterocycles. The highest BCUT2D eigenvalue weighted by molar-refractivity contribution is 7.18. The molecule has 1 aromatic heterocycles. The Hall–Kier alpha value is -3.65. The van der Waals surface area contributed by atoms with E-state index in [-0.39, 0.29) is 10.6 Å². The number of hydrogen-bond donors (Lipinski definition) is 3. The number of hydrogen-bond acceptors (Lipinski definition) is 5. The summed E-state index contributed by atoms with van der Waals surface area (Å²) in [6.45, 7) is 2.44. The maximum Gasteiger partial charge on any atom is 0.394 e. The molecule has 0 saturated carbocycles.